The van der Waals surface area contributed by atoms with E-state index in [-0.39, 0.29) is 5.91 Å². The Kier molecular flexibility index (Phi) is 3.85. The number of benzene rings is 1. The molecule has 0 saturated carbocycles. The molecule has 122 valence electrons. The third-order valence-electron chi connectivity index (χ3n) is 4.74. The van der Waals surface area contributed by atoms with Gasteiger partial charge in [0.1, 0.15) is 4.88 Å². The molecule has 2 aliphatic heterocycles. The van der Waals surface area contributed by atoms with Gasteiger partial charge >= 0.3 is 0 Å². The van der Waals surface area contributed by atoms with Crippen molar-refractivity contribution in [2.45, 2.75) is 26.7 Å². The van der Waals surface area contributed by atoms with Crippen LogP contribution in [0.3, 0.4) is 0 Å². The average molecular weight is 336 g/mol. The molecule has 2 heterocycles. The third kappa shape index (κ3) is 2.25. The smallest absolute Gasteiger partial charge is 0.264 e. The number of amides is 1. The Bertz CT molecular complexity index is 921. The Morgan fingerprint density at radius 1 is 1.25 bits per heavy atom. The van der Waals surface area contributed by atoms with Crippen LogP contribution in [0, 0.1) is 0 Å². The first-order valence-electron chi connectivity index (χ1n) is 8.54. The minimum atomic E-state index is 0.120. The van der Waals surface area contributed by atoms with Gasteiger partial charge < -0.3 is 4.90 Å². The summed E-state index contributed by atoms with van der Waals surface area (Å²) in [5.41, 5.74) is 4.34. The van der Waals surface area contributed by atoms with E-state index in [4.69, 9.17) is 4.98 Å². The summed E-state index contributed by atoms with van der Waals surface area (Å²) in [5.74, 6) is 0.120. The third-order valence-corrected chi connectivity index (χ3v) is 5.93. The van der Waals surface area contributed by atoms with E-state index in [9.17, 15) is 4.79 Å². The van der Waals surface area contributed by atoms with E-state index in [1.54, 1.807) is 11.3 Å². The number of rotatable bonds is 3. The molecule has 0 saturated heterocycles. The van der Waals surface area contributed by atoms with Gasteiger partial charge in [-0.1, -0.05) is 24.3 Å². The van der Waals surface area contributed by atoms with Gasteiger partial charge in [-0.3, -0.25) is 4.79 Å². The largest absolute Gasteiger partial charge is 0.338 e. The van der Waals surface area contributed by atoms with Crippen LogP contribution in [0.15, 0.2) is 30.3 Å². The monoisotopic (exact) mass is 336 g/mol. The van der Waals surface area contributed by atoms with Crippen molar-refractivity contribution in [3.8, 4) is 11.3 Å². The Balaban J connectivity index is 2.05. The van der Waals surface area contributed by atoms with Crippen molar-refractivity contribution in [2.24, 2.45) is 0 Å². The average Bonchev–Trinajstić information content (AvgIpc) is 3.02. The van der Waals surface area contributed by atoms with E-state index < -0.39 is 0 Å². The highest BCUT2D eigenvalue weighted by Crippen LogP contribution is 2.43. The van der Waals surface area contributed by atoms with Crippen LogP contribution in [-0.2, 0) is 6.42 Å². The zero-order chi connectivity index (χ0) is 16.7. The van der Waals surface area contributed by atoms with E-state index in [0.29, 0.717) is 0 Å². The fraction of sp³-hybridized carbons (Fsp3) is 0.300. The predicted octanol–water partition coefficient (Wildman–Crippen LogP) is 4.84. The maximum absolute atomic E-state index is 13.1. The van der Waals surface area contributed by atoms with Gasteiger partial charge in [0.25, 0.3) is 5.91 Å². The first kappa shape index (κ1) is 15.3. The number of fused-ring (bicyclic) bond motifs is 5. The molecule has 3 nitrogen and oxygen atoms in total. The van der Waals surface area contributed by atoms with Crippen molar-refractivity contribution in [1.82, 2.24) is 9.88 Å². The van der Waals surface area contributed by atoms with E-state index in [0.717, 1.165) is 53.0 Å². The molecule has 0 spiro atoms. The lowest BCUT2D eigenvalue weighted by atomic mass is 9.97. The van der Waals surface area contributed by atoms with Crippen LogP contribution in [-0.4, -0.2) is 28.9 Å². The number of hydrogen-bond donors (Lipinski definition) is 0. The first-order chi connectivity index (χ1) is 11.7. The second kappa shape index (κ2) is 6.02. The Labute approximate surface area is 146 Å². The number of hydrogen-bond acceptors (Lipinski definition) is 3. The zero-order valence-electron chi connectivity index (χ0n) is 14.0. The van der Waals surface area contributed by atoms with Gasteiger partial charge in [-0.05, 0) is 44.4 Å². The minimum Gasteiger partial charge on any atom is -0.338 e. The number of allylic oxidation sites excluding steroid dienone is 1. The van der Waals surface area contributed by atoms with Crippen LogP contribution in [0.1, 0.15) is 40.4 Å². The zero-order valence-corrected chi connectivity index (χ0v) is 14.8. The second-order valence-corrected chi connectivity index (χ2v) is 7.10. The van der Waals surface area contributed by atoms with Gasteiger partial charge in [-0.15, -0.1) is 11.3 Å². The molecular formula is C20H20N2OS. The number of carbonyl (C=O) groups excluding carboxylic acids is 1. The molecule has 24 heavy (non-hydrogen) atoms. The van der Waals surface area contributed by atoms with E-state index in [2.05, 4.69) is 18.2 Å². The van der Waals surface area contributed by atoms with E-state index >= 15 is 0 Å². The summed E-state index contributed by atoms with van der Waals surface area (Å²) in [5, 5.41) is 1.09. The molecule has 0 radical (unpaired) electrons. The van der Waals surface area contributed by atoms with Crippen molar-refractivity contribution in [3.05, 3.63) is 45.7 Å². The highest BCUT2D eigenvalue weighted by atomic mass is 32.1. The summed E-state index contributed by atoms with van der Waals surface area (Å²) < 4.78 is 0. The molecule has 1 aliphatic carbocycles. The summed E-state index contributed by atoms with van der Waals surface area (Å²) in [4.78, 5) is 21.9. The van der Waals surface area contributed by atoms with Gasteiger partial charge in [0.15, 0.2) is 0 Å². The molecular weight excluding hydrogens is 316 g/mol. The van der Waals surface area contributed by atoms with Crippen molar-refractivity contribution in [2.75, 3.05) is 13.1 Å². The van der Waals surface area contributed by atoms with E-state index in [1.165, 1.54) is 10.4 Å². The van der Waals surface area contributed by atoms with Crippen molar-refractivity contribution in [3.63, 3.8) is 0 Å². The molecule has 3 aliphatic rings. The lowest BCUT2D eigenvalue weighted by Crippen LogP contribution is -2.30. The van der Waals surface area contributed by atoms with Crippen LogP contribution in [0.2, 0.25) is 0 Å². The molecule has 4 rings (SSSR count). The summed E-state index contributed by atoms with van der Waals surface area (Å²) in [6, 6.07) is 8.16. The fourth-order valence-corrected chi connectivity index (χ4v) is 4.70. The van der Waals surface area contributed by atoms with Crippen molar-refractivity contribution >= 4 is 34.2 Å². The van der Waals surface area contributed by atoms with Crippen molar-refractivity contribution in [1.29, 1.82) is 0 Å². The molecule has 1 aromatic carbocycles. The van der Waals surface area contributed by atoms with Gasteiger partial charge in [-0.25, -0.2) is 4.98 Å². The maximum Gasteiger partial charge on any atom is 0.264 e. The van der Waals surface area contributed by atoms with Gasteiger partial charge in [0.2, 0.25) is 0 Å². The lowest BCUT2D eigenvalue weighted by molar-refractivity contribution is 0.0778. The predicted molar refractivity (Wildman–Crippen MR) is 101 cm³/mol. The molecule has 0 aromatic heterocycles. The standard InChI is InChI=1S/C20H20N2OS/c1-3-22(4-2)20(23)19-17-13-9-5-7-11-15(13)21-18(17)14-10-6-8-12-16(14)24-19/h5,7-9,11-12H,3-4,6,10H2,1-2H3. The lowest BCUT2D eigenvalue weighted by Gasteiger charge is -2.22. The number of carbonyl (C=O) groups is 1. The van der Waals surface area contributed by atoms with Crippen LogP contribution < -0.4 is 0 Å². The Morgan fingerprint density at radius 3 is 2.83 bits per heavy atom. The van der Waals surface area contributed by atoms with E-state index in [1.807, 2.05) is 36.9 Å². The quantitative estimate of drug-likeness (QED) is 0.685. The minimum absolute atomic E-state index is 0.120. The number of aromatic nitrogens is 1. The normalized spacial score (nSPS) is 13.4. The molecule has 0 N–H and O–H groups in total. The molecule has 0 fully saturated rings. The Morgan fingerprint density at radius 2 is 2.04 bits per heavy atom. The highest BCUT2D eigenvalue weighted by molar-refractivity contribution is 7.15. The molecule has 1 aromatic rings. The highest BCUT2D eigenvalue weighted by Gasteiger charge is 2.28. The summed E-state index contributed by atoms with van der Waals surface area (Å²) in [6.45, 7) is 5.51. The summed E-state index contributed by atoms with van der Waals surface area (Å²) in [6.07, 6.45) is 6.39. The molecule has 0 unspecified atom stereocenters. The fourth-order valence-electron chi connectivity index (χ4n) is 3.47. The number of nitrogens with zero attached hydrogens (tertiary/aromatic N) is 2. The number of para-hydroxylation sites is 1. The summed E-state index contributed by atoms with van der Waals surface area (Å²) >= 11 is 1.62. The van der Waals surface area contributed by atoms with Gasteiger partial charge in [0.05, 0.1) is 11.2 Å². The maximum atomic E-state index is 13.1. The molecule has 1 amide bonds. The van der Waals surface area contributed by atoms with Crippen LogP contribution in [0.25, 0.3) is 28.2 Å². The van der Waals surface area contributed by atoms with Gasteiger partial charge in [-0.2, -0.15) is 0 Å². The van der Waals surface area contributed by atoms with Gasteiger partial charge in [0, 0.05) is 28.9 Å². The van der Waals surface area contributed by atoms with Crippen molar-refractivity contribution < 1.29 is 4.79 Å². The molecule has 0 atom stereocenters. The molecule has 0 bridgehead atoms. The Hall–Kier alpha value is -2.20. The SMILES string of the molecule is CCN(CC)C(=O)c1sc2c(c3nc4ccccc4c1-3)CCC=C2. The van der Waals surface area contributed by atoms with Crippen LogP contribution in [0.4, 0.5) is 0 Å². The van der Waals surface area contributed by atoms with Crippen LogP contribution >= 0.6 is 11.3 Å². The first-order valence-corrected chi connectivity index (χ1v) is 9.36. The van der Waals surface area contributed by atoms with Crippen LogP contribution in [0.5, 0.6) is 0 Å². The topological polar surface area (TPSA) is 33.2 Å². The second-order valence-electron chi connectivity index (χ2n) is 6.05. The summed E-state index contributed by atoms with van der Waals surface area (Å²) in [7, 11) is 0. The molecule has 4 heteroatoms.